The fourth-order valence-electron chi connectivity index (χ4n) is 1.95. The Morgan fingerprint density at radius 1 is 1.33 bits per heavy atom. The largest absolute Gasteiger partial charge is 0.383 e. The maximum absolute atomic E-state index is 5.18. The van der Waals surface area contributed by atoms with Gasteiger partial charge >= 0.3 is 0 Å². The molecule has 0 aliphatic rings. The summed E-state index contributed by atoms with van der Waals surface area (Å²) in [4.78, 5) is 0. The molecule has 1 rings (SSSR count). The molecule has 1 aromatic rings. The Balaban J connectivity index is 2.53. The van der Waals surface area contributed by atoms with Crippen molar-refractivity contribution in [1.29, 1.82) is 0 Å². The van der Waals surface area contributed by atoms with Gasteiger partial charge in [0.2, 0.25) is 0 Å². The maximum atomic E-state index is 5.18. The van der Waals surface area contributed by atoms with Gasteiger partial charge in [0, 0.05) is 13.2 Å². The summed E-state index contributed by atoms with van der Waals surface area (Å²) in [6.45, 7) is 6.75. The lowest BCUT2D eigenvalue weighted by molar-refractivity contribution is 0.179. The first-order valence-corrected chi connectivity index (χ1v) is 7.66. The molecule has 0 saturated heterocycles. The molecule has 0 aromatic heterocycles. The Morgan fingerprint density at radius 2 is 2.00 bits per heavy atom. The Morgan fingerprint density at radius 3 is 2.57 bits per heavy atom. The fraction of sp³-hybridized carbons (Fsp3) is 0.500. The summed E-state index contributed by atoms with van der Waals surface area (Å²) in [6, 6.07) is 8.63. The average molecular weight is 307 g/mol. The van der Waals surface area contributed by atoms with Crippen molar-refractivity contribution in [3.05, 3.63) is 35.4 Å². The topological polar surface area (TPSA) is 45.7 Å². The second kappa shape index (κ2) is 9.47. The minimum absolute atomic E-state index is 0.152. The number of thiocarbonyl (C=S) groups is 1. The fourth-order valence-corrected chi connectivity index (χ4v) is 2.20. The van der Waals surface area contributed by atoms with E-state index in [4.69, 9.17) is 17.0 Å². The Hall–Kier alpha value is -1.46. The summed E-state index contributed by atoms with van der Waals surface area (Å²) in [5, 5.41) is 7.91. The monoisotopic (exact) mass is 307 g/mol. The highest BCUT2D eigenvalue weighted by Crippen LogP contribution is 2.07. The maximum Gasteiger partial charge on any atom is 0.187 e. The molecule has 0 aliphatic carbocycles. The number of hydrogen-bond donors (Lipinski definition) is 2. The van der Waals surface area contributed by atoms with Crippen LogP contribution in [0, 0.1) is 0 Å². The average Bonchev–Trinajstić information content (AvgIpc) is 2.46. The van der Waals surface area contributed by atoms with Crippen molar-refractivity contribution < 1.29 is 4.74 Å². The van der Waals surface area contributed by atoms with Crippen LogP contribution in [0.2, 0.25) is 0 Å². The number of hydrogen-bond acceptors (Lipinski definition) is 3. The number of rotatable bonds is 7. The van der Waals surface area contributed by atoms with E-state index in [1.54, 1.807) is 7.11 Å². The van der Waals surface area contributed by atoms with Gasteiger partial charge in [0.25, 0.3) is 0 Å². The van der Waals surface area contributed by atoms with Crippen LogP contribution < -0.4 is 10.7 Å². The normalized spacial score (nSPS) is 12.9. The number of nitrogens with zero attached hydrogens (tertiary/aromatic N) is 1. The van der Waals surface area contributed by atoms with Crippen LogP contribution in [0.3, 0.4) is 0 Å². The van der Waals surface area contributed by atoms with E-state index in [1.165, 1.54) is 5.56 Å². The summed E-state index contributed by atoms with van der Waals surface area (Å²) < 4.78 is 5.04. The number of nitrogens with one attached hydrogen (secondary N) is 2. The summed E-state index contributed by atoms with van der Waals surface area (Å²) in [6.07, 6.45) is 2.27. The van der Waals surface area contributed by atoms with E-state index in [1.807, 2.05) is 13.8 Å². The molecule has 5 heteroatoms. The molecule has 21 heavy (non-hydrogen) atoms. The minimum atomic E-state index is 0.152. The highest BCUT2D eigenvalue weighted by Gasteiger charge is 2.03. The first kappa shape index (κ1) is 17.6. The molecule has 0 unspecified atom stereocenters. The predicted molar refractivity (Wildman–Crippen MR) is 92.9 cm³/mol. The summed E-state index contributed by atoms with van der Waals surface area (Å²) in [7, 11) is 1.67. The smallest absolute Gasteiger partial charge is 0.187 e. The molecule has 0 radical (unpaired) electrons. The number of methoxy groups -OCH3 is 1. The van der Waals surface area contributed by atoms with Crippen molar-refractivity contribution in [3.63, 3.8) is 0 Å². The Labute approximate surface area is 133 Å². The van der Waals surface area contributed by atoms with Gasteiger partial charge < -0.3 is 10.1 Å². The number of benzene rings is 1. The SMILES string of the molecule is CCCc1ccc(/C(C)=N\NC(=S)N[C@H](C)COC)cc1. The molecule has 0 aliphatic heterocycles. The number of hydrazone groups is 1. The van der Waals surface area contributed by atoms with E-state index in [0.29, 0.717) is 11.7 Å². The lowest BCUT2D eigenvalue weighted by atomic mass is 10.1. The van der Waals surface area contributed by atoms with Gasteiger partial charge in [-0.25, -0.2) is 0 Å². The quantitative estimate of drug-likeness (QED) is 0.462. The molecular weight excluding hydrogens is 282 g/mol. The van der Waals surface area contributed by atoms with Gasteiger partial charge in [-0.3, -0.25) is 5.43 Å². The predicted octanol–water partition coefficient (Wildman–Crippen LogP) is 2.86. The van der Waals surface area contributed by atoms with Gasteiger partial charge in [-0.1, -0.05) is 37.6 Å². The van der Waals surface area contributed by atoms with Crippen molar-refractivity contribution in [2.24, 2.45) is 5.10 Å². The van der Waals surface area contributed by atoms with E-state index in [-0.39, 0.29) is 6.04 Å². The standard InChI is InChI=1S/C16H25N3OS/c1-5-6-14-7-9-15(10-8-14)13(3)18-19-16(21)17-12(2)11-20-4/h7-10,12H,5-6,11H2,1-4H3,(H2,17,19,21)/b18-13-/t12-/m1/s1. The highest BCUT2D eigenvalue weighted by molar-refractivity contribution is 7.80. The van der Waals surface area contributed by atoms with E-state index >= 15 is 0 Å². The molecule has 0 saturated carbocycles. The van der Waals surface area contributed by atoms with E-state index < -0.39 is 0 Å². The van der Waals surface area contributed by atoms with E-state index in [0.717, 1.165) is 24.1 Å². The van der Waals surface area contributed by atoms with Crippen LogP contribution >= 0.6 is 12.2 Å². The Bertz CT molecular complexity index is 471. The number of ether oxygens (including phenoxy) is 1. The van der Waals surface area contributed by atoms with Gasteiger partial charge in [0.05, 0.1) is 12.3 Å². The van der Waals surface area contributed by atoms with Crippen LogP contribution in [-0.4, -0.2) is 30.6 Å². The molecule has 2 N–H and O–H groups in total. The van der Waals surface area contributed by atoms with Gasteiger partial charge in [-0.15, -0.1) is 0 Å². The molecule has 0 fully saturated rings. The van der Waals surface area contributed by atoms with Crippen LogP contribution in [0.25, 0.3) is 0 Å². The minimum Gasteiger partial charge on any atom is -0.383 e. The highest BCUT2D eigenvalue weighted by atomic mass is 32.1. The third-order valence-corrected chi connectivity index (χ3v) is 3.24. The van der Waals surface area contributed by atoms with Crippen LogP contribution in [0.15, 0.2) is 29.4 Å². The zero-order valence-corrected chi connectivity index (χ0v) is 14.1. The summed E-state index contributed by atoms with van der Waals surface area (Å²) in [5.41, 5.74) is 6.21. The molecule has 0 spiro atoms. The third kappa shape index (κ3) is 6.69. The number of aryl methyl sites for hydroxylation is 1. The van der Waals surface area contributed by atoms with Crippen molar-refractivity contribution >= 4 is 23.0 Å². The third-order valence-electron chi connectivity index (χ3n) is 3.03. The molecule has 0 bridgehead atoms. The van der Waals surface area contributed by atoms with Crippen LogP contribution in [0.5, 0.6) is 0 Å². The molecule has 116 valence electrons. The van der Waals surface area contributed by atoms with Crippen LogP contribution in [0.4, 0.5) is 0 Å². The first-order chi connectivity index (χ1) is 10.1. The molecule has 0 heterocycles. The molecular formula is C16H25N3OS. The van der Waals surface area contributed by atoms with Crippen LogP contribution in [-0.2, 0) is 11.2 Å². The summed E-state index contributed by atoms with van der Waals surface area (Å²) in [5.74, 6) is 0. The lowest BCUT2D eigenvalue weighted by Gasteiger charge is -2.14. The second-order valence-corrected chi connectivity index (χ2v) is 5.49. The molecule has 4 nitrogen and oxygen atoms in total. The molecule has 0 amide bonds. The van der Waals surface area contributed by atoms with Gasteiger partial charge in [0.1, 0.15) is 0 Å². The van der Waals surface area contributed by atoms with Crippen molar-refractivity contribution in [1.82, 2.24) is 10.7 Å². The zero-order chi connectivity index (χ0) is 15.7. The van der Waals surface area contributed by atoms with Gasteiger partial charge in [-0.05, 0) is 43.6 Å². The molecule has 1 atom stereocenters. The lowest BCUT2D eigenvalue weighted by Crippen LogP contribution is -2.40. The molecule has 1 aromatic carbocycles. The van der Waals surface area contributed by atoms with E-state index in [9.17, 15) is 0 Å². The van der Waals surface area contributed by atoms with Gasteiger partial charge in [-0.2, -0.15) is 5.10 Å². The van der Waals surface area contributed by atoms with Crippen molar-refractivity contribution in [2.75, 3.05) is 13.7 Å². The zero-order valence-electron chi connectivity index (χ0n) is 13.3. The van der Waals surface area contributed by atoms with E-state index in [2.05, 4.69) is 47.0 Å². The van der Waals surface area contributed by atoms with Crippen molar-refractivity contribution in [2.45, 2.75) is 39.7 Å². The summed E-state index contributed by atoms with van der Waals surface area (Å²) >= 11 is 5.18. The van der Waals surface area contributed by atoms with Crippen LogP contribution in [0.1, 0.15) is 38.3 Å². The van der Waals surface area contributed by atoms with Crippen molar-refractivity contribution in [3.8, 4) is 0 Å². The first-order valence-electron chi connectivity index (χ1n) is 7.25. The van der Waals surface area contributed by atoms with Gasteiger partial charge in [0.15, 0.2) is 5.11 Å². The second-order valence-electron chi connectivity index (χ2n) is 5.09. The Kier molecular flexibility index (Phi) is 7.93.